The van der Waals surface area contributed by atoms with E-state index in [0.29, 0.717) is 25.1 Å². The topological polar surface area (TPSA) is 87.7 Å². The van der Waals surface area contributed by atoms with Gasteiger partial charge in [0.2, 0.25) is 11.8 Å². The Morgan fingerprint density at radius 1 is 1.06 bits per heavy atom. The molecule has 0 saturated carbocycles. The van der Waals surface area contributed by atoms with E-state index in [0.717, 1.165) is 29.7 Å². The van der Waals surface area contributed by atoms with Gasteiger partial charge in [-0.1, -0.05) is 30.3 Å². The van der Waals surface area contributed by atoms with Crippen LogP contribution >= 0.6 is 0 Å². The van der Waals surface area contributed by atoms with Gasteiger partial charge in [0, 0.05) is 43.4 Å². The Morgan fingerprint density at radius 2 is 1.75 bits per heavy atom. The van der Waals surface area contributed by atoms with Crippen LogP contribution < -0.4 is 15.4 Å². The third-order valence-corrected chi connectivity index (χ3v) is 5.56. The number of likely N-dealkylation sites (tertiary alicyclic amines) is 1. The maximum absolute atomic E-state index is 12.7. The highest BCUT2D eigenvalue weighted by Crippen LogP contribution is 2.20. The number of carbonyl (C=O) groups excluding carboxylic acids is 3. The quantitative estimate of drug-likeness (QED) is 0.654. The van der Waals surface area contributed by atoms with E-state index in [2.05, 4.69) is 10.6 Å². The number of benzene rings is 2. The van der Waals surface area contributed by atoms with E-state index < -0.39 is 0 Å². The number of nitrogens with one attached hydrogen (secondary N) is 2. The van der Waals surface area contributed by atoms with Crippen LogP contribution in [0.4, 0.5) is 0 Å². The van der Waals surface area contributed by atoms with Crippen molar-refractivity contribution < 1.29 is 19.1 Å². The molecule has 0 spiro atoms. The molecule has 3 rings (SSSR count). The SMILES string of the molecule is CNC(=O)c1ccc(/C=C/C(=O)NC2CCN(C(=O)Cc3ccccc3OC)CC2)cc1. The van der Waals surface area contributed by atoms with Crippen molar-refractivity contribution in [3.05, 3.63) is 71.3 Å². The molecule has 32 heavy (non-hydrogen) atoms. The number of nitrogens with zero attached hydrogens (tertiary/aromatic N) is 1. The molecule has 168 valence electrons. The first-order chi connectivity index (χ1) is 15.5. The van der Waals surface area contributed by atoms with Crippen LogP contribution in [-0.4, -0.2) is 55.9 Å². The Morgan fingerprint density at radius 3 is 2.41 bits per heavy atom. The predicted octanol–water partition coefficient (Wildman–Crippen LogP) is 2.42. The van der Waals surface area contributed by atoms with Gasteiger partial charge in [-0.05, 0) is 42.7 Å². The molecule has 1 saturated heterocycles. The first kappa shape index (κ1) is 23.1. The van der Waals surface area contributed by atoms with Gasteiger partial charge < -0.3 is 20.3 Å². The first-order valence-corrected chi connectivity index (χ1v) is 10.7. The fraction of sp³-hybridized carbons (Fsp3) is 0.320. The zero-order valence-electron chi connectivity index (χ0n) is 18.5. The zero-order chi connectivity index (χ0) is 22.9. The van der Waals surface area contributed by atoms with E-state index in [1.54, 1.807) is 44.5 Å². The molecule has 0 bridgehead atoms. The van der Waals surface area contributed by atoms with Gasteiger partial charge in [0.05, 0.1) is 13.5 Å². The van der Waals surface area contributed by atoms with Crippen LogP contribution in [0.5, 0.6) is 5.75 Å². The Labute approximate surface area is 188 Å². The summed E-state index contributed by atoms with van der Waals surface area (Å²) in [5.74, 6) is 0.475. The predicted molar refractivity (Wildman–Crippen MR) is 123 cm³/mol. The van der Waals surface area contributed by atoms with Crippen LogP contribution in [0, 0.1) is 0 Å². The second-order valence-corrected chi connectivity index (χ2v) is 7.69. The monoisotopic (exact) mass is 435 g/mol. The Hall–Kier alpha value is -3.61. The molecule has 2 aromatic carbocycles. The van der Waals surface area contributed by atoms with Gasteiger partial charge in [-0.2, -0.15) is 0 Å². The standard InChI is InChI=1S/C25H29N3O4/c1-26-25(31)19-10-7-18(8-11-19)9-12-23(29)27-21-13-15-28(16-14-21)24(30)17-20-5-3-4-6-22(20)32-2/h3-12,21H,13-17H2,1-2H3,(H,26,31)(H,27,29)/b12-9+. The van der Waals surface area contributed by atoms with Crippen molar-refractivity contribution in [2.75, 3.05) is 27.2 Å². The van der Waals surface area contributed by atoms with E-state index >= 15 is 0 Å². The van der Waals surface area contributed by atoms with E-state index in [9.17, 15) is 14.4 Å². The number of ether oxygens (including phenoxy) is 1. The number of methoxy groups -OCH3 is 1. The highest BCUT2D eigenvalue weighted by atomic mass is 16.5. The summed E-state index contributed by atoms with van der Waals surface area (Å²) < 4.78 is 5.33. The molecule has 3 amide bonds. The van der Waals surface area contributed by atoms with Crippen molar-refractivity contribution in [1.82, 2.24) is 15.5 Å². The summed E-state index contributed by atoms with van der Waals surface area (Å²) in [5.41, 5.74) is 2.29. The second-order valence-electron chi connectivity index (χ2n) is 7.69. The van der Waals surface area contributed by atoms with E-state index in [-0.39, 0.29) is 23.8 Å². The lowest BCUT2D eigenvalue weighted by atomic mass is 10.0. The number of piperidine rings is 1. The molecular weight excluding hydrogens is 406 g/mol. The van der Waals surface area contributed by atoms with Crippen molar-refractivity contribution in [2.24, 2.45) is 0 Å². The molecule has 7 nitrogen and oxygen atoms in total. The maximum Gasteiger partial charge on any atom is 0.251 e. The molecule has 7 heteroatoms. The average molecular weight is 436 g/mol. The molecule has 0 aliphatic carbocycles. The van der Waals surface area contributed by atoms with Crippen LogP contribution in [0.2, 0.25) is 0 Å². The molecule has 0 radical (unpaired) electrons. The zero-order valence-corrected chi connectivity index (χ0v) is 18.5. The van der Waals surface area contributed by atoms with Gasteiger partial charge in [-0.3, -0.25) is 14.4 Å². The summed E-state index contributed by atoms with van der Waals surface area (Å²) >= 11 is 0. The summed E-state index contributed by atoms with van der Waals surface area (Å²) in [6.45, 7) is 1.23. The maximum atomic E-state index is 12.7. The highest BCUT2D eigenvalue weighted by Gasteiger charge is 2.24. The summed E-state index contributed by atoms with van der Waals surface area (Å²) in [6, 6.07) is 14.6. The molecule has 0 unspecified atom stereocenters. The summed E-state index contributed by atoms with van der Waals surface area (Å²) in [4.78, 5) is 38.4. The largest absolute Gasteiger partial charge is 0.496 e. The average Bonchev–Trinajstić information content (AvgIpc) is 2.83. The van der Waals surface area contributed by atoms with Crippen LogP contribution in [0.1, 0.15) is 34.3 Å². The van der Waals surface area contributed by atoms with E-state index in [1.165, 1.54) is 6.08 Å². The second kappa shape index (κ2) is 11.1. The van der Waals surface area contributed by atoms with Crippen LogP contribution in [-0.2, 0) is 16.0 Å². The Bertz CT molecular complexity index is 977. The van der Waals surface area contributed by atoms with Crippen LogP contribution in [0.25, 0.3) is 6.08 Å². The van der Waals surface area contributed by atoms with Gasteiger partial charge in [0.25, 0.3) is 5.91 Å². The lowest BCUT2D eigenvalue weighted by molar-refractivity contribution is -0.131. The van der Waals surface area contributed by atoms with E-state index in [4.69, 9.17) is 4.74 Å². The number of amides is 3. The molecule has 1 aliphatic heterocycles. The fourth-order valence-electron chi connectivity index (χ4n) is 3.71. The minimum atomic E-state index is -0.167. The molecule has 0 aromatic heterocycles. The fourth-order valence-corrected chi connectivity index (χ4v) is 3.71. The molecular formula is C25H29N3O4. The molecule has 1 heterocycles. The minimum absolute atomic E-state index is 0.0399. The molecule has 1 aliphatic rings. The molecule has 2 aromatic rings. The number of para-hydroxylation sites is 1. The van der Waals surface area contributed by atoms with Crippen molar-refractivity contribution in [3.63, 3.8) is 0 Å². The Balaban J connectivity index is 1.45. The number of carbonyl (C=O) groups is 3. The van der Waals surface area contributed by atoms with Crippen molar-refractivity contribution in [3.8, 4) is 5.75 Å². The van der Waals surface area contributed by atoms with Crippen LogP contribution in [0.15, 0.2) is 54.6 Å². The summed E-state index contributed by atoms with van der Waals surface area (Å²) in [7, 11) is 3.19. The molecule has 1 fully saturated rings. The van der Waals surface area contributed by atoms with Crippen molar-refractivity contribution in [1.29, 1.82) is 0 Å². The van der Waals surface area contributed by atoms with Gasteiger partial charge in [-0.25, -0.2) is 0 Å². The third-order valence-electron chi connectivity index (χ3n) is 5.56. The van der Waals surface area contributed by atoms with Gasteiger partial charge >= 0.3 is 0 Å². The number of hydrogen-bond acceptors (Lipinski definition) is 4. The van der Waals surface area contributed by atoms with Gasteiger partial charge in [-0.15, -0.1) is 0 Å². The van der Waals surface area contributed by atoms with Crippen molar-refractivity contribution >= 4 is 23.8 Å². The summed E-state index contributed by atoms with van der Waals surface area (Å²) in [6.07, 6.45) is 4.96. The number of hydrogen-bond donors (Lipinski definition) is 2. The lowest BCUT2D eigenvalue weighted by Crippen LogP contribution is -2.46. The lowest BCUT2D eigenvalue weighted by Gasteiger charge is -2.32. The van der Waals surface area contributed by atoms with E-state index in [1.807, 2.05) is 29.2 Å². The Kier molecular flexibility index (Phi) is 8.02. The van der Waals surface area contributed by atoms with Crippen LogP contribution in [0.3, 0.4) is 0 Å². The normalized spacial score (nSPS) is 14.2. The molecule has 2 N–H and O–H groups in total. The smallest absolute Gasteiger partial charge is 0.251 e. The van der Waals surface area contributed by atoms with Gasteiger partial charge in [0.15, 0.2) is 0 Å². The summed E-state index contributed by atoms with van der Waals surface area (Å²) in [5, 5.41) is 5.58. The highest BCUT2D eigenvalue weighted by molar-refractivity contribution is 5.95. The first-order valence-electron chi connectivity index (χ1n) is 10.7. The van der Waals surface area contributed by atoms with Crippen molar-refractivity contribution in [2.45, 2.75) is 25.3 Å². The molecule has 0 atom stereocenters. The third kappa shape index (κ3) is 6.20. The minimum Gasteiger partial charge on any atom is -0.496 e. The number of rotatable bonds is 7. The van der Waals surface area contributed by atoms with Gasteiger partial charge in [0.1, 0.15) is 5.75 Å².